The molecule has 0 amide bonds. The van der Waals surface area contributed by atoms with Gasteiger partial charge < -0.3 is 10.6 Å². The fourth-order valence-electron chi connectivity index (χ4n) is 2.95. The number of aromatic nitrogens is 2. The van der Waals surface area contributed by atoms with Gasteiger partial charge in [-0.3, -0.25) is 20.2 Å². The van der Waals surface area contributed by atoms with Crippen LogP contribution in [0.3, 0.4) is 0 Å². The number of pyridine rings is 2. The highest BCUT2D eigenvalue weighted by Crippen LogP contribution is 2.33. The highest BCUT2D eigenvalue weighted by molar-refractivity contribution is 5.76. The fraction of sp³-hybridized carbons (Fsp3) is 0.200. The molecule has 30 heavy (non-hydrogen) atoms. The molecule has 0 bridgehead atoms. The second kappa shape index (κ2) is 8.11. The molecule has 0 aliphatic heterocycles. The number of anilines is 4. The van der Waals surface area contributed by atoms with E-state index in [1.54, 1.807) is 32.0 Å². The maximum absolute atomic E-state index is 11.3. The summed E-state index contributed by atoms with van der Waals surface area (Å²) < 4.78 is 0. The third-order valence-corrected chi connectivity index (χ3v) is 4.50. The second-order valence-corrected chi connectivity index (χ2v) is 6.89. The van der Waals surface area contributed by atoms with Crippen molar-refractivity contribution in [2.24, 2.45) is 0 Å². The first-order valence-corrected chi connectivity index (χ1v) is 9.05. The van der Waals surface area contributed by atoms with Crippen LogP contribution in [-0.2, 0) is 0 Å². The molecule has 3 aromatic rings. The Kier molecular flexibility index (Phi) is 5.58. The van der Waals surface area contributed by atoms with E-state index in [4.69, 9.17) is 0 Å². The van der Waals surface area contributed by atoms with Gasteiger partial charge in [-0.2, -0.15) is 0 Å². The smallest absolute Gasteiger partial charge is 0.311 e. The molecule has 1 aromatic carbocycles. The van der Waals surface area contributed by atoms with Crippen molar-refractivity contribution >= 4 is 34.4 Å². The van der Waals surface area contributed by atoms with E-state index in [1.807, 2.05) is 19.9 Å². The van der Waals surface area contributed by atoms with Crippen molar-refractivity contribution in [3.8, 4) is 0 Å². The van der Waals surface area contributed by atoms with Gasteiger partial charge in [0.2, 0.25) is 11.6 Å². The summed E-state index contributed by atoms with van der Waals surface area (Å²) in [4.78, 5) is 30.2. The number of hydrogen-bond donors (Lipinski definition) is 2. The average Bonchev–Trinajstić information content (AvgIpc) is 2.65. The fourth-order valence-corrected chi connectivity index (χ4v) is 2.95. The van der Waals surface area contributed by atoms with Crippen molar-refractivity contribution in [2.45, 2.75) is 27.7 Å². The van der Waals surface area contributed by atoms with Gasteiger partial charge in [0.1, 0.15) is 0 Å². The zero-order chi connectivity index (χ0) is 22.0. The average molecular weight is 408 g/mol. The van der Waals surface area contributed by atoms with E-state index >= 15 is 0 Å². The van der Waals surface area contributed by atoms with Gasteiger partial charge >= 0.3 is 11.4 Å². The van der Waals surface area contributed by atoms with Crippen molar-refractivity contribution < 1.29 is 9.85 Å². The van der Waals surface area contributed by atoms with Gasteiger partial charge in [-0.25, -0.2) is 9.97 Å². The third-order valence-electron chi connectivity index (χ3n) is 4.50. The summed E-state index contributed by atoms with van der Waals surface area (Å²) in [5.74, 6) is 0.245. The summed E-state index contributed by atoms with van der Waals surface area (Å²) >= 11 is 0. The Bertz CT molecular complexity index is 1080. The van der Waals surface area contributed by atoms with Crippen LogP contribution in [0.1, 0.15) is 22.5 Å². The Morgan fingerprint density at radius 2 is 1.10 bits per heavy atom. The van der Waals surface area contributed by atoms with Crippen LogP contribution < -0.4 is 10.6 Å². The molecular weight excluding hydrogens is 388 g/mol. The minimum absolute atomic E-state index is 0.123. The summed E-state index contributed by atoms with van der Waals surface area (Å²) in [6.45, 7) is 7.20. The molecule has 10 heteroatoms. The Labute approximate surface area is 172 Å². The second-order valence-electron chi connectivity index (χ2n) is 6.89. The molecule has 0 fully saturated rings. The van der Waals surface area contributed by atoms with Gasteiger partial charge in [0, 0.05) is 34.9 Å². The predicted molar refractivity (Wildman–Crippen MR) is 114 cm³/mol. The molecule has 0 atom stereocenters. The van der Waals surface area contributed by atoms with Crippen LogP contribution >= 0.6 is 0 Å². The van der Waals surface area contributed by atoms with Crippen LogP contribution in [0.2, 0.25) is 0 Å². The van der Waals surface area contributed by atoms with E-state index in [9.17, 15) is 20.2 Å². The normalized spacial score (nSPS) is 10.5. The Balaban J connectivity index is 2.03. The van der Waals surface area contributed by atoms with Crippen molar-refractivity contribution in [1.29, 1.82) is 0 Å². The van der Waals surface area contributed by atoms with Crippen molar-refractivity contribution in [3.05, 3.63) is 79.1 Å². The molecule has 0 spiro atoms. The van der Waals surface area contributed by atoms with Crippen LogP contribution in [0.5, 0.6) is 0 Å². The lowest BCUT2D eigenvalue weighted by atomic mass is 10.1. The van der Waals surface area contributed by atoms with Crippen molar-refractivity contribution in [2.75, 3.05) is 10.6 Å². The molecule has 0 saturated heterocycles. The van der Waals surface area contributed by atoms with E-state index in [0.29, 0.717) is 22.8 Å². The number of rotatable bonds is 6. The maximum atomic E-state index is 11.3. The van der Waals surface area contributed by atoms with Gasteiger partial charge in [-0.05, 0) is 57.0 Å². The van der Waals surface area contributed by atoms with Gasteiger partial charge in [-0.1, -0.05) is 6.07 Å². The number of benzene rings is 1. The van der Waals surface area contributed by atoms with Crippen LogP contribution in [-0.4, -0.2) is 19.8 Å². The van der Waals surface area contributed by atoms with Gasteiger partial charge in [0.15, 0.2) is 0 Å². The number of aryl methyl sites for hydroxylation is 4. The molecule has 2 N–H and O–H groups in total. The summed E-state index contributed by atoms with van der Waals surface area (Å²) in [6.07, 6.45) is 0. The van der Waals surface area contributed by atoms with E-state index in [1.165, 1.54) is 12.1 Å². The van der Waals surface area contributed by atoms with Gasteiger partial charge in [0.25, 0.3) is 0 Å². The standard InChI is InChI=1S/C20H20N6O4/c1-11-9-12(2)16(24-20-18(26(29)30)8-6-14(4)22-20)10-15(11)23-19-17(25(27)28)7-5-13(3)21-19/h5-10H,1-4H3,(H,21,23)(H,22,24). The van der Waals surface area contributed by atoms with E-state index in [0.717, 1.165) is 11.1 Å². The predicted octanol–water partition coefficient (Wildman–Crippen LogP) is 5.01. The lowest BCUT2D eigenvalue weighted by molar-refractivity contribution is -0.384. The first-order chi connectivity index (χ1) is 14.2. The van der Waals surface area contributed by atoms with Crippen LogP contribution in [0, 0.1) is 47.9 Å². The van der Waals surface area contributed by atoms with Crippen molar-refractivity contribution in [1.82, 2.24) is 9.97 Å². The minimum Gasteiger partial charge on any atom is -0.334 e. The molecule has 0 radical (unpaired) electrons. The number of hydrogen-bond acceptors (Lipinski definition) is 8. The summed E-state index contributed by atoms with van der Waals surface area (Å²) in [5.41, 5.74) is 3.80. The summed E-state index contributed by atoms with van der Waals surface area (Å²) in [5, 5.41) is 28.7. The first kappa shape index (κ1) is 20.6. The van der Waals surface area contributed by atoms with Crippen LogP contribution in [0.4, 0.5) is 34.4 Å². The molecule has 2 aromatic heterocycles. The molecule has 0 unspecified atom stereocenters. The van der Waals surface area contributed by atoms with E-state index < -0.39 is 9.85 Å². The zero-order valence-electron chi connectivity index (χ0n) is 16.9. The third kappa shape index (κ3) is 4.32. The quantitative estimate of drug-likeness (QED) is 0.429. The van der Waals surface area contributed by atoms with Crippen LogP contribution in [0.25, 0.3) is 0 Å². The highest BCUT2D eigenvalue weighted by atomic mass is 16.6. The molecule has 10 nitrogen and oxygen atoms in total. The Morgan fingerprint density at radius 3 is 1.47 bits per heavy atom. The number of nitro groups is 2. The minimum atomic E-state index is -0.502. The number of nitrogens with zero attached hydrogens (tertiary/aromatic N) is 4. The highest BCUT2D eigenvalue weighted by Gasteiger charge is 2.19. The zero-order valence-corrected chi connectivity index (χ0v) is 16.9. The molecular formula is C20H20N6O4. The first-order valence-electron chi connectivity index (χ1n) is 9.05. The van der Waals surface area contributed by atoms with Gasteiger partial charge in [-0.15, -0.1) is 0 Å². The monoisotopic (exact) mass is 408 g/mol. The molecule has 0 saturated carbocycles. The molecule has 3 rings (SSSR count). The topological polar surface area (TPSA) is 136 Å². The van der Waals surface area contributed by atoms with Gasteiger partial charge in [0.05, 0.1) is 9.85 Å². The largest absolute Gasteiger partial charge is 0.334 e. The summed E-state index contributed by atoms with van der Waals surface area (Å²) in [7, 11) is 0. The van der Waals surface area contributed by atoms with Crippen molar-refractivity contribution in [3.63, 3.8) is 0 Å². The Hall–Kier alpha value is -4.08. The summed E-state index contributed by atoms with van der Waals surface area (Å²) in [6, 6.07) is 9.53. The number of nitrogens with one attached hydrogen (secondary N) is 2. The molecule has 0 aliphatic rings. The molecule has 154 valence electrons. The maximum Gasteiger partial charge on any atom is 0.311 e. The molecule has 0 aliphatic carbocycles. The SMILES string of the molecule is Cc1ccc([N+](=O)[O-])c(Nc2cc(Nc3nc(C)ccc3[N+](=O)[O-])c(C)cc2C)n1. The van der Waals surface area contributed by atoms with E-state index in [2.05, 4.69) is 20.6 Å². The lowest BCUT2D eigenvalue weighted by Crippen LogP contribution is -2.05. The lowest BCUT2D eigenvalue weighted by Gasteiger charge is -2.15. The Morgan fingerprint density at radius 1 is 0.700 bits per heavy atom. The van der Waals surface area contributed by atoms with Crippen LogP contribution in [0.15, 0.2) is 36.4 Å². The van der Waals surface area contributed by atoms with E-state index in [-0.39, 0.29) is 23.0 Å². The molecule has 2 heterocycles.